The van der Waals surface area contributed by atoms with E-state index in [0.717, 1.165) is 31.3 Å². The smallest absolute Gasteiger partial charge is 0.481 e. The highest BCUT2D eigenvalue weighted by Crippen LogP contribution is 2.75. The maximum Gasteiger partial charge on any atom is 0.519 e. The van der Waals surface area contributed by atoms with E-state index in [9.17, 15) is 24.3 Å². The van der Waals surface area contributed by atoms with Crippen LogP contribution in [0.25, 0.3) is 0 Å². The summed E-state index contributed by atoms with van der Waals surface area (Å²) in [5.74, 6) is -1.41. The highest BCUT2D eigenvalue weighted by Gasteiger charge is 2.73. The van der Waals surface area contributed by atoms with Gasteiger partial charge in [0.25, 0.3) is 0 Å². The van der Waals surface area contributed by atoms with Crippen molar-refractivity contribution in [2.45, 2.75) is 131 Å². The number of hydrogen-bond donors (Lipinski definition) is 2. The Kier molecular flexibility index (Phi) is 8.58. The molecule has 4 fully saturated rings. The molecule has 5 aliphatic rings. The summed E-state index contributed by atoms with van der Waals surface area (Å²) in [7, 11) is 0. The number of amides is 1. The van der Waals surface area contributed by atoms with Gasteiger partial charge >= 0.3 is 17.9 Å². The molecule has 1 aromatic rings. The van der Waals surface area contributed by atoms with Crippen LogP contribution in [0.4, 0.5) is 4.79 Å². The number of carboxylic acids is 1. The Morgan fingerprint density at radius 1 is 1.02 bits per heavy atom. The minimum Gasteiger partial charge on any atom is -0.481 e. The molecule has 11 heteroatoms. The molecule has 49 heavy (non-hydrogen) atoms. The molecule has 270 valence electrons. The second-order valence-corrected chi connectivity index (χ2v) is 17.1. The van der Waals surface area contributed by atoms with Gasteiger partial charge in [0.05, 0.1) is 11.0 Å². The summed E-state index contributed by atoms with van der Waals surface area (Å²) in [6, 6.07) is 0. The van der Waals surface area contributed by atoms with E-state index in [-0.39, 0.29) is 46.7 Å². The number of carbonyl (C=O) groups is 3. The third kappa shape index (κ3) is 5.14. The number of aliphatic carboxylic acids is 1. The normalized spacial score (nSPS) is 43.0. The topological polar surface area (TPSA) is 158 Å². The highest BCUT2D eigenvalue weighted by molar-refractivity contribution is 5.96. The molecular weight excluding hydrogens is 628 g/mol. The van der Waals surface area contributed by atoms with E-state index in [1.165, 1.54) is 6.40 Å². The van der Waals surface area contributed by atoms with Gasteiger partial charge < -0.3 is 28.7 Å². The predicted octanol–water partition coefficient (Wildman–Crippen LogP) is 7.00. The predicted molar refractivity (Wildman–Crippen MR) is 181 cm³/mol. The molecule has 0 aliphatic heterocycles. The molecule has 1 heterocycles. The van der Waals surface area contributed by atoms with E-state index in [1.807, 2.05) is 19.9 Å². The number of allylic oxidation sites excluding steroid dienone is 2. The molecule has 5 aliphatic carbocycles. The molecular formula is C38H54N2O9. The van der Waals surface area contributed by atoms with E-state index >= 15 is 0 Å². The lowest BCUT2D eigenvalue weighted by molar-refractivity contribution is -0.192. The molecule has 0 saturated heterocycles. The van der Waals surface area contributed by atoms with Crippen molar-refractivity contribution in [3.05, 3.63) is 33.8 Å². The van der Waals surface area contributed by atoms with Gasteiger partial charge in [-0.25, -0.2) is 9.59 Å². The van der Waals surface area contributed by atoms with E-state index in [2.05, 4.69) is 39.9 Å². The third-order valence-corrected chi connectivity index (χ3v) is 14.8. The summed E-state index contributed by atoms with van der Waals surface area (Å²) in [4.78, 5) is 56.8. The Hall–Kier alpha value is -3.37. The number of rotatable bonds is 7. The largest absolute Gasteiger partial charge is 0.519 e. The summed E-state index contributed by atoms with van der Waals surface area (Å²) in [5.41, 5.74) is -1.80. The van der Waals surface area contributed by atoms with Crippen molar-refractivity contribution in [2.75, 3.05) is 6.54 Å². The fourth-order valence-electron chi connectivity index (χ4n) is 11.4. The molecule has 4 saturated carbocycles. The average Bonchev–Trinajstić information content (AvgIpc) is 3.35. The van der Waals surface area contributed by atoms with Crippen molar-refractivity contribution >= 4 is 24.2 Å². The quantitative estimate of drug-likeness (QED) is 0.228. The number of fused-ring (bicyclic) bond motifs is 7. The average molecular weight is 683 g/mol. The second kappa shape index (κ2) is 11.9. The lowest BCUT2D eigenvalue weighted by Gasteiger charge is -2.71. The lowest BCUT2D eigenvalue weighted by Crippen LogP contribution is -2.71. The van der Waals surface area contributed by atoms with E-state index < -0.39 is 45.8 Å². The van der Waals surface area contributed by atoms with Crippen LogP contribution in [0, 0.1) is 51.8 Å². The molecule has 0 spiro atoms. The molecule has 2 N–H and O–H groups in total. The van der Waals surface area contributed by atoms with Crippen LogP contribution in [0.15, 0.2) is 30.3 Å². The molecule has 1 aromatic heterocycles. The van der Waals surface area contributed by atoms with Gasteiger partial charge in [0, 0.05) is 23.8 Å². The fraction of sp³-hybridized carbons (Fsp3) is 0.763. The first-order chi connectivity index (χ1) is 22.9. The molecule has 1 amide bonds. The first kappa shape index (κ1) is 35.5. The van der Waals surface area contributed by atoms with Crippen LogP contribution in [0.5, 0.6) is 0 Å². The van der Waals surface area contributed by atoms with Gasteiger partial charge in [-0.1, -0.05) is 40.2 Å². The van der Waals surface area contributed by atoms with Crippen molar-refractivity contribution in [2.24, 2.45) is 49.8 Å². The molecule has 0 aromatic carbocycles. The first-order valence-corrected chi connectivity index (χ1v) is 18.1. The third-order valence-electron chi connectivity index (χ3n) is 14.8. The Bertz CT molecular complexity index is 1640. The van der Waals surface area contributed by atoms with Crippen LogP contribution in [0.3, 0.4) is 0 Å². The number of aliphatic imine (C=N–C) groups is 1. The van der Waals surface area contributed by atoms with Crippen molar-refractivity contribution in [3.63, 3.8) is 0 Å². The maximum atomic E-state index is 14.9. The van der Waals surface area contributed by atoms with Crippen LogP contribution in [0.1, 0.15) is 118 Å². The van der Waals surface area contributed by atoms with Crippen molar-refractivity contribution in [1.82, 2.24) is 5.32 Å². The molecule has 0 unspecified atom stereocenters. The van der Waals surface area contributed by atoms with Gasteiger partial charge in [-0.2, -0.15) is 0 Å². The molecule has 11 nitrogen and oxygen atoms in total. The van der Waals surface area contributed by atoms with E-state index in [0.29, 0.717) is 44.4 Å². The van der Waals surface area contributed by atoms with Crippen molar-refractivity contribution < 1.29 is 37.8 Å². The minimum atomic E-state index is -0.818. The van der Waals surface area contributed by atoms with Crippen LogP contribution in [0.2, 0.25) is 0 Å². The fourth-order valence-corrected chi connectivity index (χ4v) is 11.4. The SMILES string of the molecule is CCNC(=O)O[C@H]1CC[C@]2(C)[C@H]3C(=O)C=C4[C@@H]5C[C@@](C)(C(=O)O)CC[C@]5(C)CC[C@@]4(C)[C@]3(C)CC[C@@]2(N=COCc2oc(=O)oc2C)[C@H]1C. The van der Waals surface area contributed by atoms with E-state index in [1.54, 1.807) is 6.92 Å². The summed E-state index contributed by atoms with van der Waals surface area (Å²) in [6.07, 6.45) is 9.01. The Labute approximate surface area is 288 Å². The van der Waals surface area contributed by atoms with Crippen molar-refractivity contribution in [1.29, 1.82) is 0 Å². The lowest BCUT2D eigenvalue weighted by atomic mass is 9.33. The number of ketones is 1. The second-order valence-electron chi connectivity index (χ2n) is 17.1. The number of ether oxygens (including phenoxy) is 2. The molecule has 10 atom stereocenters. The number of alkyl carbamates (subject to hydrolysis) is 1. The van der Waals surface area contributed by atoms with Crippen molar-refractivity contribution in [3.8, 4) is 0 Å². The standard InChI is InChI=1S/C38H54N2O9/c1-9-39-31(44)48-27-10-11-37(8)29-26(41)18-24-25-19-34(5,30(42)43)13-12-33(25,4)14-15-35(24,6)36(29,7)16-17-38(37,22(27)2)40-21-46-20-28-23(3)47-32(45)49-28/h18,21-22,25,27,29H,9-17,19-20H2,1-8H3,(H,39,44)(H,42,43)/t22-,25-,27-,29-,33+,34-,35+,36+,37+,38+/m0/s1. The molecule has 0 bridgehead atoms. The number of nitrogens with zero attached hydrogens (tertiary/aromatic N) is 1. The van der Waals surface area contributed by atoms with Crippen LogP contribution < -0.4 is 11.1 Å². The minimum absolute atomic E-state index is 0.0281. The zero-order valence-electron chi connectivity index (χ0n) is 30.4. The van der Waals surface area contributed by atoms with Crippen LogP contribution in [-0.2, 0) is 25.7 Å². The van der Waals surface area contributed by atoms with Gasteiger partial charge in [0.2, 0.25) is 0 Å². The monoisotopic (exact) mass is 682 g/mol. The highest BCUT2D eigenvalue weighted by atomic mass is 16.6. The summed E-state index contributed by atoms with van der Waals surface area (Å²) in [6.45, 7) is 16.9. The molecule has 0 radical (unpaired) electrons. The zero-order chi connectivity index (χ0) is 35.8. The Morgan fingerprint density at radius 2 is 1.73 bits per heavy atom. The number of aryl methyl sites for hydroxylation is 1. The van der Waals surface area contributed by atoms with E-state index in [4.69, 9.17) is 23.3 Å². The Balaban J connectivity index is 1.41. The maximum absolute atomic E-state index is 14.9. The Morgan fingerprint density at radius 3 is 2.39 bits per heavy atom. The number of hydrogen-bond acceptors (Lipinski definition) is 9. The number of nitrogens with one attached hydrogen (secondary N) is 1. The van der Waals surface area contributed by atoms with Gasteiger partial charge in [0.15, 0.2) is 30.3 Å². The van der Waals surface area contributed by atoms with Gasteiger partial charge in [-0.05, 0) is 107 Å². The van der Waals surface area contributed by atoms with Gasteiger partial charge in [-0.3, -0.25) is 14.6 Å². The van der Waals surface area contributed by atoms with Gasteiger partial charge in [0.1, 0.15) is 6.10 Å². The summed E-state index contributed by atoms with van der Waals surface area (Å²) < 4.78 is 21.9. The zero-order valence-corrected chi connectivity index (χ0v) is 30.4. The number of carboxylic acid groups (broad SMARTS) is 1. The van der Waals surface area contributed by atoms with Crippen LogP contribution in [-0.4, -0.2) is 47.5 Å². The summed E-state index contributed by atoms with van der Waals surface area (Å²) >= 11 is 0. The summed E-state index contributed by atoms with van der Waals surface area (Å²) in [5, 5.41) is 13.0. The molecule has 6 rings (SSSR count). The van der Waals surface area contributed by atoms with Gasteiger partial charge in [-0.15, -0.1) is 0 Å². The number of carbonyl (C=O) groups excluding carboxylic acids is 2. The first-order valence-electron chi connectivity index (χ1n) is 18.1. The van der Waals surface area contributed by atoms with Crippen LogP contribution >= 0.6 is 0 Å².